The molecule has 1 spiro atoms. The predicted molar refractivity (Wildman–Crippen MR) is 140 cm³/mol. The van der Waals surface area contributed by atoms with E-state index in [2.05, 4.69) is 41.6 Å². The number of rotatable bonds is 7. The standard InChI is InChI=1S/C28H37N5O6/c1-17-8-9-21-18(2)26(37-24-14-27(3)11-10-20(17)28(21,24)39-38-27)36-13-12-33-16-22(30-32-33)25(35)31-29-15-19-6-4-5-7-23(19)34/h4-7,15-18,20-21,24,26,34H,8-14H2,1-3H3,(H,31,35)/b29-15+/t17-,18-,20?,21?,24-,26?,27?,28-/m1/s1. The van der Waals surface area contributed by atoms with Gasteiger partial charge in [0.2, 0.25) is 0 Å². The number of carbonyl (C=O) groups is 1. The Hall–Kier alpha value is -2.86. The highest BCUT2D eigenvalue weighted by Crippen LogP contribution is 2.61. The number of para-hydroxylation sites is 1. The number of amides is 1. The number of phenols is 1. The van der Waals surface area contributed by atoms with E-state index in [0.29, 0.717) is 36.5 Å². The molecule has 11 nitrogen and oxygen atoms in total. The van der Waals surface area contributed by atoms with Crippen LogP contribution in [0.2, 0.25) is 0 Å². The van der Waals surface area contributed by atoms with Gasteiger partial charge in [0.1, 0.15) is 17.0 Å². The third kappa shape index (κ3) is 4.75. The lowest BCUT2D eigenvalue weighted by Gasteiger charge is -2.61. The molecular weight excluding hydrogens is 502 g/mol. The monoisotopic (exact) mass is 539 g/mol. The zero-order valence-electron chi connectivity index (χ0n) is 22.7. The molecule has 11 heteroatoms. The minimum atomic E-state index is -0.497. The number of phenolic OH excluding ortho intramolecular Hbond substituents is 1. The first-order valence-electron chi connectivity index (χ1n) is 13.9. The van der Waals surface area contributed by atoms with Gasteiger partial charge >= 0.3 is 0 Å². The molecule has 3 saturated heterocycles. The number of carbonyl (C=O) groups excluding carboxylic acids is 1. The lowest BCUT2D eigenvalue weighted by molar-refractivity contribution is -0.495. The molecule has 5 aliphatic rings. The van der Waals surface area contributed by atoms with Crippen molar-refractivity contribution < 1.29 is 29.1 Å². The van der Waals surface area contributed by atoms with Crippen LogP contribution in [0.3, 0.4) is 0 Å². The Kier molecular flexibility index (Phi) is 6.95. The van der Waals surface area contributed by atoms with Crippen LogP contribution >= 0.6 is 0 Å². The van der Waals surface area contributed by atoms with Crippen LogP contribution in [0.15, 0.2) is 35.6 Å². The Morgan fingerprint density at radius 1 is 1.26 bits per heavy atom. The van der Waals surface area contributed by atoms with Gasteiger partial charge in [-0.05, 0) is 56.6 Å². The van der Waals surface area contributed by atoms with E-state index in [1.807, 2.05) is 0 Å². The van der Waals surface area contributed by atoms with E-state index in [0.717, 1.165) is 25.7 Å². The second-order valence-electron chi connectivity index (χ2n) is 11.8. The number of benzene rings is 1. The van der Waals surface area contributed by atoms with Gasteiger partial charge in [-0.15, -0.1) is 5.10 Å². The quantitative estimate of drug-likeness (QED) is 0.311. The summed E-state index contributed by atoms with van der Waals surface area (Å²) in [6.45, 7) is 7.46. The first-order chi connectivity index (χ1) is 18.8. The van der Waals surface area contributed by atoms with Crippen molar-refractivity contribution >= 4 is 12.1 Å². The number of nitrogens with one attached hydrogen (secondary N) is 1. The van der Waals surface area contributed by atoms with Gasteiger partial charge in [0.15, 0.2) is 12.0 Å². The average molecular weight is 540 g/mol. The van der Waals surface area contributed by atoms with Crippen molar-refractivity contribution in [1.29, 1.82) is 0 Å². The Labute approximate surface area is 227 Å². The van der Waals surface area contributed by atoms with E-state index < -0.39 is 11.5 Å². The highest BCUT2D eigenvalue weighted by atomic mass is 17.2. The Morgan fingerprint density at radius 2 is 2.10 bits per heavy atom. The number of hydrogen-bond donors (Lipinski definition) is 2. The lowest BCUT2D eigenvalue weighted by atomic mass is 9.56. The molecule has 7 rings (SSSR count). The third-order valence-corrected chi connectivity index (χ3v) is 9.31. The van der Waals surface area contributed by atoms with E-state index in [9.17, 15) is 9.90 Å². The molecule has 1 aromatic heterocycles. The number of ether oxygens (including phenoxy) is 2. The van der Waals surface area contributed by atoms with E-state index >= 15 is 0 Å². The summed E-state index contributed by atoms with van der Waals surface area (Å²) in [7, 11) is 0. The summed E-state index contributed by atoms with van der Waals surface area (Å²) < 4.78 is 14.5. The number of nitrogens with zero attached hydrogens (tertiary/aromatic N) is 4. The van der Waals surface area contributed by atoms with E-state index in [4.69, 9.17) is 19.2 Å². The molecule has 5 fully saturated rings. The number of hydrogen-bond acceptors (Lipinski definition) is 9. The largest absolute Gasteiger partial charge is 0.507 e. The normalized spacial score (nSPS) is 37.4. The molecular formula is C28H37N5O6. The summed E-state index contributed by atoms with van der Waals surface area (Å²) in [6.07, 6.45) is 7.68. The molecule has 1 amide bonds. The van der Waals surface area contributed by atoms with Crippen LogP contribution in [-0.4, -0.2) is 62.4 Å². The van der Waals surface area contributed by atoms with Crippen molar-refractivity contribution in [2.75, 3.05) is 6.61 Å². The maximum absolute atomic E-state index is 12.4. The zero-order valence-corrected chi connectivity index (χ0v) is 22.7. The average Bonchev–Trinajstić information content (AvgIpc) is 3.28. The van der Waals surface area contributed by atoms with Crippen LogP contribution in [0.25, 0.3) is 0 Å². The second kappa shape index (κ2) is 10.3. The number of aromatic hydroxyl groups is 1. The van der Waals surface area contributed by atoms with Gasteiger partial charge in [-0.2, -0.15) is 5.10 Å². The maximum atomic E-state index is 12.4. The lowest BCUT2D eigenvalue weighted by Crippen LogP contribution is -2.69. The number of hydrazone groups is 1. The van der Waals surface area contributed by atoms with Crippen molar-refractivity contribution in [3.8, 4) is 5.75 Å². The van der Waals surface area contributed by atoms with Crippen molar-refractivity contribution in [3.63, 3.8) is 0 Å². The Morgan fingerprint density at radius 3 is 2.95 bits per heavy atom. The second-order valence-corrected chi connectivity index (χ2v) is 11.8. The van der Waals surface area contributed by atoms with Crippen LogP contribution in [0, 0.1) is 23.7 Å². The predicted octanol–water partition coefficient (Wildman–Crippen LogP) is 3.43. The van der Waals surface area contributed by atoms with Gasteiger partial charge < -0.3 is 14.6 Å². The highest BCUT2D eigenvalue weighted by Gasteiger charge is 2.68. The smallest absolute Gasteiger partial charge is 0.293 e. The van der Waals surface area contributed by atoms with Gasteiger partial charge in [0.25, 0.3) is 5.91 Å². The fourth-order valence-electron chi connectivity index (χ4n) is 7.20. The van der Waals surface area contributed by atoms with Crippen LogP contribution in [-0.2, 0) is 25.8 Å². The molecule has 0 radical (unpaired) electrons. The van der Waals surface area contributed by atoms with E-state index in [1.54, 1.807) is 35.1 Å². The number of aromatic nitrogens is 3. The fourth-order valence-corrected chi connectivity index (χ4v) is 7.20. The third-order valence-electron chi connectivity index (χ3n) is 9.31. The molecule has 2 aliphatic carbocycles. The summed E-state index contributed by atoms with van der Waals surface area (Å²) in [6, 6.07) is 6.71. The molecule has 3 aliphatic heterocycles. The maximum Gasteiger partial charge on any atom is 0.293 e. The highest BCUT2D eigenvalue weighted by molar-refractivity contribution is 5.93. The van der Waals surface area contributed by atoms with Crippen molar-refractivity contribution in [2.24, 2.45) is 28.8 Å². The topological polar surface area (TPSA) is 129 Å². The molecule has 4 unspecified atom stereocenters. The van der Waals surface area contributed by atoms with Gasteiger partial charge in [0, 0.05) is 23.8 Å². The van der Waals surface area contributed by atoms with Crippen molar-refractivity contribution in [1.82, 2.24) is 20.4 Å². The summed E-state index contributed by atoms with van der Waals surface area (Å²) in [5.74, 6) is 1.05. The van der Waals surface area contributed by atoms with Crippen molar-refractivity contribution in [3.05, 3.63) is 41.7 Å². The molecule has 210 valence electrons. The van der Waals surface area contributed by atoms with Gasteiger partial charge in [-0.3, -0.25) is 4.79 Å². The Bertz CT molecular complexity index is 1240. The summed E-state index contributed by atoms with van der Waals surface area (Å²) >= 11 is 0. The van der Waals surface area contributed by atoms with Crippen LogP contribution in [0.5, 0.6) is 5.75 Å². The summed E-state index contributed by atoms with van der Waals surface area (Å²) in [5, 5.41) is 21.7. The Balaban J connectivity index is 1.06. The number of fused-ring (bicyclic) bond motifs is 2. The minimum Gasteiger partial charge on any atom is -0.507 e. The van der Waals surface area contributed by atoms with E-state index in [1.165, 1.54) is 12.6 Å². The summed E-state index contributed by atoms with van der Waals surface area (Å²) in [5.41, 5.74) is 2.30. The van der Waals surface area contributed by atoms with E-state index in [-0.39, 0.29) is 35.4 Å². The fraction of sp³-hybridized carbons (Fsp3) is 0.643. The molecule has 2 saturated carbocycles. The van der Waals surface area contributed by atoms with Crippen molar-refractivity contribution in [2.45, 2.75) is 83.0 Å². The molecule has 1 aromatic carbocycles. The van der Waals surface area contributed by atoms with Gasteiger partial charge in [0.05, 0.1) is 31.7 Å². The first kappa shape index (κ1) is 26.4. The van der Waals surface area contributed by atoms with Crippen LogP contribution in [0.4, 0.5) is 0 Å². The molecule has 2 aromatic rings. The molecule has 2 bridgehead atoms. The molecule has 2 N–H and O–H groups in total. The summed E-state index contributed by atoms with van der Waals surface area (Å²) in [4.78, 5) is 24.8. The van der Waals surface area contributed by atoms with Gasteiger partial charge in [-0.1, -0.05) is 31.2 Å². The van der Waals surface area contributed by atoms with Crippen LogP contribution < -0.4 is 5.43 Å². The molecule has 8 atom stereocenters. The minimum absolute atomic E-state index is 0.0577. The van der Waals surface area contributed by atoms with Crippen LogP contribution in [0.1, 0.15) is 68.9 Å². The zero-order chi connectivity index (χ0) is 27.2. The first-order valence-corrected chi connectivity index (χ1v) is 13.9. The molecule has 4 heterocycles. The van der Waals surface area contributed by atoms with Gasteiger partial charge in [-0.25, -0.2) is 19.9 Å². The molecule has 39 heavy (non-hydrogen) atoms. The SMILES string of the molecule is C[C@H]1C(OCCn2cc(C(=O)N/N=C/c3ccccc3O)nn2)O[C@@H]2CC3(C)CCC4[C@H](C)CCC1[C@]42OO3.